The van der Waals surface area contributed by atoms with Crippen molar-refractivity contribution < 1.29 is 19.1 Å². The van der Waals surface area contributed by atoms with Crippen molar-refractivity contribution in [1.29, 1.82) is 0 Å². The van der Waals surface area contributed by atoms with Crippen LogP contribution in [0.3, 0.4) is 0 Å². The molecule has 0 bridgehead atoms. The Balaban J connectivity index is 1.56. The van der Waals surface area contributed by atoms with E-state index < -0.39 is 5.60 Å². The lowest BCUT2D eigenvalue weighted by molar-refractivity contribution is -0.157. The summed E-state index contributed by atoms with van der Waals surface area (Å²) in [5.74, 6) is 1.45. The fourth-order valence-electron chi connectivity index (χ4n) is 4.93. The van der Waals surface area contributed by atoms with Crippen molar-refractivity contribution in [2.75, 3.05) is 6.54 Å². The third-order valence-corrected chi connectivity index (χ3v) is 7.26. The molecular weight excluding hydrogens is 438 g/mol. The number of hydrogen-bond donors (Lipinski definition) is 1. The highest BCUT2D eigenvalue weighted by molar-refractivity contribution is 6.00. The quantitative estimate of drug-likeness (QED) is 0.297. The van der Waals surface area contributed by atoms with Crippen molar-refractivity contribution in [2.24, 2.45) is 17.1 Å². The molecule has 192 valence electrons. The highest BCUT2D eigenvalue weighted by Gasteiger charge is 2.30. The van der Waals surface area contributed by atoms with Gasteiger partial charge in [0.25, 0.3) is 0 Å². The Morgan fingerprint density at radius 1 is 0.914 bits per heavy atom. The molecule has 1 aliphatic rings. The molecule has 5 nitrogen and oxygen atoms in total. The molecule has 0 aliphatic heterocycles. The lowest BCUT2D eigenvalue weighted by Crippen LogP contribution is -2.30. The first kappa shape index (κ1) is 27.2. The number of ether oxygens (including phenoxy) is 2. The summed E-state index contributed by atoms with van der Waals surface area (Å²) in [7, 11) is 0. The maximum Gasteiger partial charge on any atom is 0.306 e. The smallest absolute Gasteiger partial charge is 0.306 e. The van der Waals surface area contributed by atoms with Gasteiger partial charge in [-0.2, -0.15) is 0 Å². The molecule has 1 fully saturated rings. The summed E-state index contributed by atoms with van der Waals surface area (Å²) >= 11 is 0. The van der Waals surface area contributed by atoms with E-state index in [-0.39, 0.29) is 17.9 Å². The van der Waals surface area contributed by atoms with Crippen molar-refractivity contribution in [2.45, 2.75) is 97.7 Å². The van der Waals surface area contributed by atoms with Gasteiger partial charge < -0.3 is 15.2 Å². The molecule has 1 saturated carbocycles. The van der Waals surface area contributed by atoms with Crippen LogP contribution in [0.1, 0.15) is 96.3 Å². The molecule has 2 N–H and O–H groups in total. The van der Waals surface area contributed by atoms with Gasteiger partial charge in [-0.05, 0) is 99.2 Å². The molecule has 2 aromatic carbocycles. The largest absolute Gasteiger partial charge is 0.490 e. The van der Waals surface area contributed by atoms with E-state index in [0.29, 0.717) is 43.2 Å². The Morgan fingerprint density at radius 3 is 2.23 bits per heavy atom. The zero-order valence-corrected chi connectivity index (χ0v) is 22.2. The first-order valence-corrected chi connectivity index (χ1v) is 13.1. The van der Waals surface area contributed by atoms with Gasteiger partial charge in [-0.3, -0.25) is 9.59 Å². The molecule has 3 rings (SSSR count). The SMILES string of the molecule is CC(C)(CCC(=O)c1ccc2cc(OC3CCC(C(C)(C)C)CC3)ccc2c1)OC(=O)CCCN. The Hall–Kier alpha value is -2.40. The van der Waals surface area contributed by atoms with Crippen molar-refractivity contribution in [3.63, 3.8) is 0 Å². The van der Waals surface area contributed by atoms with Gasteiger partial charge in [0, 0.05) is 18.4 Å². The van der Waals surface area contributed by atoms with Crippen molar-refractivity contribution in [3.05, 3.63) is 42.0 Å². The lowest BCUT2D eigenvalue weighted by atomic mass is 9.72. The molecule has 0 radical (unpaired) electrons. The number of esters is 1. The normalized spacial score (nSPS) is 18.9. The summed E-state index contributed by atoms with van der Waals surface area (Å²) in [5, 5.41) is 2.09. The highest BCUT2D eigenvalue weighted by atomic mass is 16.6. The molecular formula is C30H43NO4. The monoisotopic (exact) mass is 481 g/mol. The van der Waals surface area contributed by atoms with Crippen LogP contribution in [0, 0.1) is 11.3 Å². The van der Waals surface area contributed by atoms with Crippen LogP contribution in [-0.2, 0) is 9.53 Å². The fourth-order valence-corrected chi connectivity index (χ4v) is 4.93. The first-order chi connectivity index (χ1) is 16.5. The number of nitrogens with two attached hydrogens (primary N) is 1. The van der Waals surface area contributed by atoms with Crippen LogP contribution in [0.25, 0.3) is 10.8 Å². The van der Waals surface area contributed by atoms with Gasteiger partial charge in [-0.25, -0.2) is 0 Å². The van der Waals surface area contributed by atoms with E-state index >= 15 is 0 Å². The molecule has 0 amide bonds. The Kier molecular flexibility index (Phi) is 8.98. The maximum absolute atomic E-state index is 12.8. The second-order valence-corrected chi connectivity index (χ2v) is 11.7. The predicted molar refractivity (Wildman–Crippen MR) is 142 cm³/mol. The number of Topliss-reactive ketones (excluding diaryl/α,β-unsaturated/α-hetero) is 1. The van der Waals surface area contributed by atoms with Crippen LogP contribution < -0.4 is 10.5 Å². The van der Waals surface area contributed by atoms with Crippen LogP contribution in [0.4, 0.5) is 0 Å². The predicted octanol–water partition coefficient (Wildman–Crippen LogP) is 6.85. The van der Waals surface area contributed by atoms with E-state index in [0.717, 1.165) is 35.3 Å². The molecule has 0 aromatic heterocycles. The van der Waals surface area contributed by atoms with Crippen molar-refractivity contribution in [1.82, 2.24) is 0 Å². The minimum absolute atomic E-state index is 0.0499. The summed E-state index contributed by atoms with van der Waals surface area (Å²) in [6, 6.07) is 11.9. The average molecular weight is 482 g/mol. The number of carbonyl (C=O) groups excluding carboxylic acids is 2. The Labute approximate surface area is 210 Å². The van der Waals surface area contributed by atoms with Crippen molar-refractivity contribution >= 4 is 22.5 Å². The minimum Gasteiger partial charge on any atom is -0.490 e. The Morgan fingerprint density at radius 2 is 1.57 bits per heavy atom. The number of hydrogen-bond acceptors (Lipinski definition) is 5. The van der Waals surface area contributed by atoms with Gasteiger partial charge in [0.05, 0.1) is 6.10 Å². The molecule has 0 spiro atoms. The van der Waals surface area contributed by atoms with E-state index in [9.17, 15) is 9.59 Å². The van der Waals surface area contributed by atoms with Gasteiger partial charge >= 0.3 is 5.97 Å². The van der Waals surface area contributed by atoms with Crippen LogP contribution >= 0.6 is 0 Å². The topological polar surface area (TPSA) is 78.6 Å². The summed E-state index contributed by atoms with van der Waals surface area (Å²) in [6.45, 7) is 11.2. The maximum atomic E-state index is 12.8. The first-order valence-electron chi connectivity index (χ1n) is 13.1. The van der Waals surface area contributed by atoms with Crippen LogP contribution in [0.2, 0.25) is 0 Å². The minimum atomic E-state index is -0.684. The van der Waals surface area contributed by atoms with Gasteiger partial charge in [0.15, 0.2) is 5.78 Å². The average Bonchev–Trinajstić information content (AvgIpc) is 2.80. The third-order valence-electron chi connectivity index (χ3n) is 7.26. The second kappa shape index (κ2) is 11.6. The van der Waals surface area contributed by atoms with Crippen LogP contribution in [0.5, 0.6) is 5.75 Å². The third kappa shape index (κ3) is 8.06. The number of benzene rings is 2. The molecule has 2 aromatic rings. The van der Waals surface area contributed by atoms with E-state index in [1.807, 2.05) is 44.2 Å². The molecule has 1 aliphatic carbocycles. The van der Waals surface area contributed by atoms with Gasteiger partial charge in [-0.15, -0.1) is 0 Å². The standard InChI is InChI=1S/C30H43NO4/c1-29(2,3)24-11-14-25(15-12-24)34-26-13-10-21-19-23(9-8-22(21)20-26)27(32)16-17-30(4,5)35-28(33)7-6-18-31/h8-10,13,19-20,24-25H,6-7,11-12,14-18,31H2,1-5H3. The van der Waals surface area contributed by atoms with Gasteiger partial charge in [0.2, 0.25) is 0 Å². The van der Waals surface area contributed by atoms with Gasteiger partial charge in [-0.1, -0.05) is 39.0 Å². The zero-order chi connectivity index (χ0) is 25.6. The molecule has 0 atom stereocenters. The highest BCUT2D eigenvalue weighted by Crippen LogP contribution is 2.39. The number of ketones is 1. The summed E-state index contributed by atoms with van der Waals surface area (Å²) in [6.07, 6.45) is 6.63. The van der Waals surface area contributed by atoms with Crippen LogP contribution in [-0.4, -0.2) is 30.0 Å². The fraction of sp³-hybridized carbons (Fsp3) is 0.600. The number of fused-ring (bicyclic) bond motifs is 1. The summed E-state index contributed by atoms with van der Waals surface area (Å²) in [5.41, 5.74) is 5.81. The van der Waals surface area contributed by atoms with E-state index in [4.69, 9.17) is 15.2 Å². The van der Waals surface area contributed by atoms with E-state index in [1.54, 1.807) is 0 Å². The van der Waals surface area contributed by atoms with E-state index in [2.05, 4.69) is 26.8 Å². The van der Waals surface area contributed by atoms with Gasteiger partial charge in [0.1, 0.15) is 11.4 Å². The second-order valence-electron chi connectivity index (χ2n) is 11.7. The summed E-state index contributed by atoms with van der Waals surface area (Å²) in [4.78, 5) is 24.8. The molecule has 0 saturated heterocycles. The molecule has 35 heavy (non-hydrogen) atoms. The lowest BCUT2D eigenvalue weighted by Gasteiger charge is -2.37. The Bertz CT molecular complexity index is 1010. The number of rotatable bonds is 10. The molecule has 0 unspecified atom stereocenters. The molecule has 5 heteroatoms. The van der Waals surface area contributed by atoms with Crippen molar-refractivity contribution in [3.8, 4) is 5.75 Å². The van der Waals surface area contributed by atoms with E-state index in [1.165, 1.54) is 12.8 Å². The van der Waals surface area contributed by atoms with Crippen LogP contribution in [0.15, 0.2) is 36.4 Å². The number of carbonyl (C=O) groups is 2. The summed E-state index contributed by atoms with van der Waals surface area (Å²) < 4.78 is 11.9. The molecule has 0 heterocycles. The zero-order valence-electron chi connectivity index (χ0n) is 22.2.